The van der Waals surface area contributed by atoms with Gasteiger partial charge in [0.05, 0.1) is 17.7 Å². The van der Waals surface area contributed by atoms with Gasteiger partial charge in [-0.05, 0) is 43.2 Å². The van der Waals surface area contributed by atoms with E-state index in [1.54, 1.807) is 13.1 Å². The molecule has 0 radical (unpaired) electrons. The van der Waals surface area contributed by atoms with E-state index in [0.29, 0.717) is 17.1 Å². The molecule has 0 aliphatic heterocycles. The van der Waals surface area contributed by atoms with E-state index in [-0.39, 0.29) is 18.4 Å². The van der Waals surface area contributed by atoms with Gasteiger partial charge in [0.15, 0.2) is 5.96 Å². The molecular formula is C19H21FN4. The topological polar surface area (TPSA) is 60.2 Å². The number of benzene rings is 2. The molecule has 0 aliphatic rings. The molecule has 1 atom stereocenters. The van der Waals surface area contributed by atoms with Gasteiger partial charge in [-0.1, -0.05) is 24.3 Å². The average molecular weight is 324 g/mol. The lowest BCUT2D eigenvalue weighted by molar-refractivity contribution is 0.602. The highest BCUT2D eigenvalue weighted by atomic mass is 19.1. The van der Waals surface area contributed by atoms with Gasteiger partial charge in [0.25, 0.3) is 0 Å². The van der Waals surface area contributed by atoms with Crippen LogP contribution >= 0.6 is 0 Å². The Morgan fingerprint density at radius 1 is 1.29 bits per heavy atom. The number of rotatable bonds is 4. The van der Waals surface area contributed by atoms with Gasteiger partial charge in [0, 0.05) is 19.2 Å². The van der Waals surface area contributed by atoms with Crippen LogP contribution < -0.4 is 10.6 Å². The molecule has 5 heteroatoms. The van der Waals surface area contributed by atoms with Crippen LogP contribution in [0.5, 0.6) is 0 Å². The molecule has 0 saturated heterocycles. The number of guanidine groups is 1. The molecule has 4 nitrogen and oxygen atoms in total. The molecule has 0 amide bonds. The summed E-state index contributed by atoms with van der Waals surface area (Å²) in [6.07, 6.45) is 0. The van der Waals surface area contributed by atoms with Gasteiger partial charge < -0.3 is 10.6 Å². The molecule has 0 fully saturated rings. The minimum atomic E-state index is -0.344. The molecule has 0 aromatic heterocycles. The number of hydrogen-bond acceptors (Lipinski definition) is 2. The number of hydrogen-bond donors (Lipinski definition) is 2. The zero-order valence-corrected chi connectivity index (χ0v) is 14.1. The number of nitriles is 1. The van der Waals surface area contributed by atoms with E-state index in [4.69, 9.17) is 5.26 Å². The Labute approximate surface area is 142 Å². The third kappa shape index (κ3) is 4.32. The number of aryl methyl sites for hydroxylation is 1. The molecule has 124 valence electrons. The molecule has 0 saturated carbocycles. The largest absolute Gasteiger partial charge is 0.352 e. The van der Waals surface area contributed by atoms with Crippen LogP contribution in [0.4, 0.5) is 4.39 Å². The summed E-state index contributed by atoms with van der Waals surface area (Å²) in [4.78, 5) is 4.18. The molecule has 0 bridgehead atoms. The summed E-state index contributed by atoms with van der Waals surface area (Å²) in [7, 11) is 1.67. The second-order valence-electron chi connectivity index (χ2n) is 5.57. The van der Waals surface area contributed by atoms with Crippen LogP contribution in [0.15, 0.2) is 47.5 Å². The van der Waals surface area contributed by atoms with E-state index in [1.807, 2.05) is 25.1 Å². The van der Waals surface area contributed by atoms with E-state index in [1.165, 1.54) is 23.3 Å². The Morgan fingerprint density at radius 2 is 2.04 bits per heavy atom. The average Bonchev–Trinajstić information content (AvgIpc) is 2.60. The fourth-order valence-electron chi connectivity index (χ4n) is 2.51. The van der Waals surface area contributed by atoms with Gasteiger partial charge in [-0.25, -0.2) is 4.39 Å². The predicted molar refractivity (Wildman–Crippen MR) is 94.0 cm³/mol. The van der Waals surface area contributed by atoms with E-state index >= 15 is 0 Å². The first kappa shape index (κ1) is 17.5. The van der Waals surface area contributed by atoms with Crippen LogP contribution in [0.2, 0.25) is 0 Å². The van der Waals surface area contributed by atoms with Gasteiger partial charge in [-0.2, -0.15) is 5.26 Å². The lowest BCUT2D eigenvalue weighted by Gasteiger charge is -2.20. The second kappa shape index (κ2) is 8.11. The second-order valence-corrected chi connectivity index (χ2v) is 5.57. The van der Waals surface area contributed by atoms with Gasteiger partial charge in [0.1, 0.15) is 5.82 Å². The summed E-state index contributed by atoms with van der Waals surface area (Å²) in [5, 5.41) is 15.3. The van der Waals surface area contributed by atoms with Crippen molar-refractivity contribution in [2.45, 2.75) is 26.4 Å². The maximum Gasteiger partial charge on any atom is 0.191 e. The van der Waals surface area contributed by atoms with E-state index in [2.05, 4.69) is 34.7 Å². The summed E-state index contributed by atoms with van der Waals surface area (Å²) in [6, 6.07) is 14.5. The minimum absolute atomic E-state index is 0.0627. The molecule has 1 unspecified atom stereocenters. The predicted octanol–water partition coefficient (Wildman–Crippen LogP) is 3.43. The number of halogens is 1. The van der Waals surface area contributed by atoms with Crippen LogP contribution in [-0.2, 0) is 6.54 Å². The van der Waals surface area contributed by atoms with Crippen molar-refractivity contribution in [3.05, 3.63) is 70.5 Å². The summed E-state index contributed by atoms with van der Waals surface area (Å²) in [5.74, 6) is 0.233. The van der Waals surface area contributed by atoms with Gasteiger partial charge in [0.2, 0.25) is 0 Å². The van der Waals surface area contributed by atoms with Crippen molar-refractivity contribution in [2.24, 2.45) is 4.99 Å². The lowest BCUT2D eigenvalue weighted by atomic mass is 10.0. The summed E-state index contributed by atoms with van der Waals surface area (Å²) in [6.45, 7) is 4.36. The first-order valence-corrected chi connectivity index (χ1v) is 7.76. The Balaban J connectivity index is 2.03. The normalized spacial score (nSPS) is 12.4. The van der Waals surface area contributed by atoms with Crippen molar-refractivity contribution < 1.29 is 4.39 Å². The lowest BCUT2D eigenvalue weighted by Crippen LogP contribution is -2.38. The van der Waals surface area contributed by atoms with Crippen molar-refractivity contribution >= 4 is 5.96 Å². The van der Waals surface area contributed by atoms with Crippen molar-refractivity contribution in [1.29, 1.82) is 5.26 Å². The molecule has 2 rings (SSSR count). The highest BCUT2D eigenvalue weighted by molar-refractivity contribution is 5.80. The van der Waals surface area contributed by atoms with E-state index in [0.717, 1.165) is 0 Å². The van der Waals surface area contributed by atoms with Gasteiger partial charge in [-0.3, -0.25) is 4.99 Å². The van der Waals surface area contributed by atoms with Crippen LogP contribution in [0.3, 0.4) is 0 Å². The van der Waals surface area contributed by atoms with E-state index < -0.39 is 0 Å². The first-order valence-electron chi connectivity index (χ1n) is 7.76. The Morgan fingerprint density at radius 3 is 2.71 bits per heavy atom. The molecule has 0 spiro atoms. The summed E-state index contributed by atoms with van der Waals surface area (Å²) in [5.41, 5.74) is 3.24. The third-order valence-electron chi connectivity index (χ3n) is 3.85. The molecule has 0 aliphatic carbocycles. The number of aliphatic imine (C=N–C) groups is 1. The third-order valence-corrected chi connectivity index (χ3v) is 3.85. The summed E-state index contributed by atoms with van der Waals surface area (Å²) >= 11 is 0. The number of nitrogens with zero attached hydrogens (tertiary/aromatic N) is 2. The standard InChI is InChI=1S/C19H21FN4/c1-13-6-4-5-7-17(13)14(2)24-19(22-3)23-12-16-10-15(11-21)8-9-18(16)20/h4-10,14H,12H2,1-3H3,(H2,22,23,24). The quantitative estimate of drug-likeness (QED) is 0.669. The highest BCUT2D eigenvalue weighted by Crippen LogP contribution is 2.16. The Kier molecular flexibility index (Phi) is 5.91. The molecule has 2 aromatic rings. The molecular weight excluding hydrogens is 303 g/mol. The van der Waals surface area contributed by atoms with Crippen LogP contribution in [-0.4, -0.2) is 13.0 Å². The highest BCUT2D eigenvalue weighted by Gasteiger charge is 2.10. The smallest absolute Gasteiger partial charge is 0.191 e. The zero-order chi connectivity index (χ0) is 17.5. The fraction of sp³-hybridized carbons (Fsp3) is 0.263. The van der Waals surface area contributed by atoms with Crippen LogP contribution in [0.1, 0.15) is 35.2 Å². The monoisotopic (exact) mass is 324 g/mol. The Hall–Kier alpha value is -2.87. The number of nitrogens with one attached hydrogen (secondary N) is 2. The van der Waals surface area contributed by atoms with E-state index in [9.17, 15) is 4.39 Å². The molecule has 2 N–H and O–H groups in total. The maximum atomic E-state index is 13.8. The Bertz CT molecular complexity index is 777. The van der Waals surface area contributed by atoms with Crippen LogP contribution in [0, 0.1) is 24.1 Å². The minimum Gasteiger partial charge on any atom is -0.352 e. The van der Waals surface area contributed by atoms with Crippen molar-refractivity contribution in [3.63, 3.8) is 0 Å². The summed E-state index contributed by atoms with van der Waals surface area (Å²) < 4.78 is 13.8. The molecule has 2 aromatic carbocycles. The van der Waals surface area contributed by atoms with Crippen molar-refractivity contribution in [2.75, 3.05) is 7.05 Å². The van der Waals surface area contributed by atoms with Gasteiger partial charge >= 0.3 is 0 Å². The zero-order valence-electron chi connectivity index (χ0n) is 14.1. The van der Waals surface area contributed by atoms with Gasteiger partial charge in [-0.15, -0.1) is 0 Å². The SMILES string of the molecule is CN=C(NCc1cc(C#N)ccc1F)NC(C)c1ccccc1C. The molecule has 24 heavy (non-hydrogen) atoms. The fourth-order valence-corrected chi connectivity index (χ4v) is 2.51. The van der Waals surface area contributed by atoms with Crippen molar-refractivity contribution in [1.82, 2.24) is 10.6 Å². The van der Waals surface area contributed by atoms with Crippen LogP contribution in [0.25, 0.3) is 0 Å². The van der Waals surface area contributed by atoms with Crippen molar-refractivity contribution in [3.8, 4) is 6.07 Å². The first-order chi connectivity index (χ1) is 11.5. The maximum absolute atomic E-state index is 13.8. The molecule has 0 heterocycles.